The summed E-state index contributed by atoms with van der Waals surface area (Å²) in [6, 6.07) is 0.593. The van der Waals surface area contributed by atoms with Crippen LogP contribution < -0.4 is 5.32 Å². The van der Waals surface area contributed by atoms with Crippen LogP contribution in [0.2, 0.25) is 0 Å². The van der Waals surface area contributed by atoms with Crippen molar-refractivity contribution in [2.75, 3.05) is 26.0 Å². The summed E-state index contributed by atoms with van der Waals surface area (Å²) >= 11 is 1.97. The van der Waals surface area contributed by atoms with E-state index in [2.05, 4.69) is 18.5 Å². The van der Waals surface area contributed by atoms with E-state index in [9.17, 15) is 5.11 Å². The molecule has 0 aromatic heterocycles. The van der Waals surface area contributed by atoms with Gasteiger partial charge in [0.15, 0.2) is 0 Å². The zero-order chi connectivity index (χ0) is 15.3. The molecule has 4 heteroatoms. The van der Waals surface area contributed by atoms with Gasteiger partial charge in [0.05, 0.1) is 12.7 Å². The Hall–Kier alpha value is 0.230. The van der Waals surface area contributed by atoms with Crippen LogP contribution in [0, 0.1) is 0 Å². The molecule has 0 spiro atoms. The molecule has 2 N–H and O–H groups in total. The lowest BCUT2D eigenvalue weighted by atomic mass is 10.1. The number of ether oxygens (including phenoxy) is 1. The summed E-state index contributed by atoms with van der Waals surface area (Å²) in [7, 11) is 0. The average Bonchev–Trinajstić information content (AvgIpc) is 2.96. The smallest absolute Gasteiger partial charge is 0.0897 e. The number of hydrogen-bond donors (Lipinski definition) is 2. The van der Waals surface area contributed by atoms with Crippen LogP contribution in [0.25, 0.3) is 0 Å². The molecule has 1 saturated carbocycles. The SMILES string of the molecule is CCCCCCCCOCC(O)CNC1CCC(SC)C1. The highest BCUT2D eigenvalue weighted by atomic mass is 32.2. The van der Waals surface area contributed by atoms with Crippen LogP contribution >= 0.6 is 11.8 Å². The lowest BCUT2D eigenvalue weighted by Gasteiger charge is -2.16. The second kappa shape index (κ2) is 12.7. The lowest BCUT2D eigenvalue weighted by molar-refractivity contribution is 0.0342. The summed E-state index contributed by atoms with van der Waals surface area (Å²) in [6.07, 6.45) is 13.3. The Bertz CT molecular complexity index is 241. The van der Waals surface area contributed by atoms with Crippen molar-refractivity contribution < 1.29 is 9.84 Å². The van der Waals surface area contributed by atoms with Gasteiger partial charge in [0, 0.05) is 24.4 Å². The van der Waals surface area contributed by atoms with Crippen molar-refractivity contribution in [2.24, 2.45) is 0 Å². The highest BCUT2D eigenvalue weighted by Crippen LogP contribution is 2.27. The molecule has 0 aromatic rings. The quantitative estimate of drug-likeness (QED) is 0.509. The van der Waals surface area contributed by atoms with Gasteiger partial charge in [-0.3, -0.25) is 0 Å². The van der Waals surface area contributed by atoms with Gasteiger partial charge in [-0.1, -0.05) is 39.0 Å². The number of rotatable bonds is 13. The van der Waals surface area contributed by atoms with Gasteiger partial charge in [-0.15, -0.1) is 0 Å². The lowest BCUT2D eigenvalue weighted by Crippen LogP contribution is -2.36. The third-order valence-electron chi connectivity index (χ3n) is 4.31. The molecule has 21 heavy (non-hydrogen) atoms. The summed E-state index contributed by atoms with van der Waals surface area (Å²) in [5, 5.41) is 14.2. The molecule has 3 unspecified atom stereocenters. The summed E-state index contributed by atoms with van der Waals surface area (Å²) in [4.78, 5) is 0. The summed E-state index contributed by atoms with van der Waals surface area (Å²) in [6.45, 7) is 4.18. The zero-order valence-corrected chi connectivity index (χ0v) is 14.8. The summed E-state index contributed by atoms with van der Waals surface area (Å²) < 4.78 is 5.57. The van der Waals surface area contributed by atoms with Crippen LogP contribution in [0.4, 0.5) is 0 Å². The number of nitrogens with one attached hydrogen (secondary N) is 1. The fourth-order valence-corrected chi connectivity index (χ4v) is 3.70. The molecule has 0 aromatic carbocycles. The van der Waals surface area contributed by atoms with E-state index in [-0.39, 0.29) is 6.10 Å². The van der Waals surface area contributed by atoms with Crippen molar-refractivity contribution in [2.45, 2.75) is 82.1 Å². The third kappa shape index (κ3) is 9.77. The van der Waals surface area contributed by atoms with Gasteiger partial charge in [0.2, 0.25) is 0 Å². The van der Waals surface area contributed by atoms with Crippen molar-refractivity contribution in [3.8, 4) is 0 Å². The minimum absolute atomic E-state index is 0.363. The van der Waals surface area contributed by atoms with Gasteiger partial charge in [0.1, 0.15) is 0 Å². The Morgan fingerprint density at radius 1 is 1.19 bits per heavy atom. The van der Waals surface area contributed by atoms with E-state index in [1.807, 2.05) is 11.8 Å². The van der Waals surface area contributed by atoms with Crippen molar-refractivity contribution in [3.63, 3.8) is 0 Å². The zero-order valence-electron chi connectivity index (χ0n) is 14.0. The number of thioether (sulfide) groups is 1. The molecule has 0 aliphatic heterocycles. The Kier molecular flexibility index (Phi) is 11.7. The Morgan fingerprint density at radius 2 is 1.95 bits per heavy atom. The van der Waals surface area contributed by atoms with E-state index < -0.39 is 0 Å². The molecule has 0 bridgehead atoms. The van der Waals surface area contributed by atoms with Gasteiger partial charge in [-0.25, -0.2) is 0 Å². The predicted octanol–water partition coefficient (Wildman–Crippen LogP) is 3.60. The van der Waals surface area contributed by atoms with Crippen LogP contribution in [0.15, 0.2) is 0 Å². The van der Waals surface area contributed by atoms with Crippen LogP contribution in [0.5, 0.6) is 0 Å². The fourth-order valence-electron chi connectivity index (χ4n) is 2.91. The first-order valence-corrected chi connectivity index (χ1v) is 10.1. The first-order chi connectivity index (χ1) is 10.3. The maximum Gasteiger partial charge on any atom is 0.0897 e. The van der Waals surface area contributed by atoms with E-state index in [4.69, 9.17) is 4.74 Å². The monoisotopic (exact) mass is 317 g/mol. The summed E-state index contributed by atoms with van der Waals surface area (Å²) in [5.41, 5.74) is 0. The molecule has 126 valence electrons. The van der Waals surface area contributed by atoms with Gasteiger partial charge < -0.3 is 15.2 Å². The normalized spacial score (nSPS) is 23.6. The second-order valence-electron chi connectivity index (χ2n) is 6.27. The number of unbranched alkanes of at least 4 members (excludes halogenated alkanes) is 5. The Labute approximate surface area is 135 Å². The number of aliphatic hydroxyl groups excluding tert-OH is 1. The van der Waals surface area contributed by atoms with Crippen molar-refractivity contribution in [1.29, 1.82) is 0 Å². The molecule has 3 atom stereocenters. The van der Waals surface area contributed by atoms with Gasteiger partial charge >= 0.3 is 0 Å². The predicted molar refractivity (Wildman–Crippen MR) is 93.1 cm³/mol. The molecule has 1 rings (SSSR count). The first kappa shape index (κ1) is 19.3. The van der Waals surface area contributed by atoms with Crippen LogP contribution in [0.3, 0.4) is 0 Å². The van der Waals surface area contributed by atoms with Crippen LogP contribution in [-0.4, -0.2) is 48.5 Å². The summed E-state index contributed by atoms with van der Waals surface area (Å²) in [5.74, 6) is 0. The minimum Gasteiger partial charge on any atom is -0.389 e. The molecule has 0 saturated heterocycles. The molecule has 1 aliphatic rings. The molecule has 0 heterocycles. The van der Waals surface area contributed by atoms with Crippen LogP contribution in [0.1, 0.15) is 64.7 Å². The molecule has 0 radical (unpaired) electrons. The van der Waals surface area contributed by atoms with E-state index in [1.54, 1.807) is 0 Å². The molecule has 3 nitrogen and oxygen atoms in total. The first-order valence-electron chi connectivity index (χ1n) is 8.78. The van der Waals surface area contributed by atoms with E-state index in [1.165, 1.54) is 51.4 Å². The fraction of sp³-hybridized carbons (Fsp3) is 1.00. The molecular formula is C17H35NO2S. The largest absolute Gasteiger partial charge is 0.389 e. The molecule has 1 aliphatic carbocycles. The van der Waals surface area contributed by atoms with Crippen molar-refractivity contribution >= 4 is 11.8 Å². The van der Waals surface area contributed by atoms with Crippen molar-refractivity contribution in [3.05, 3.63) is 0 Å². The highest BCUT2D eigenvalue weighted by molar-refractivity contribution is 7.99. The maximum absolute atomic E-state index is 9.91. The Balaban J connectivity index is 1.86. The van der Waals surface area contributed by atoms with Gasteiger partial charge in [-0.2, -0.15) is 11.8 Å². The third-order valence-corrected chi connectivity index (χ3v) is 5.41. The number of hydrogen-bond acceptors (Lipinski definition) is 4. The maximum atomic E-state index is 9.91. The van der Waals surface area contributed by atoms with E-state index in [0.29, 0.717) is 19.2 Å². The standard InChI is InChI=1S/C17H35NO2S/c1-3-4-5-6-7-8-11-20-14-16(19)13-18-15-9-10-17(12-15)21-2/h15-19H,3-14H2,1-2H3. The van der Waals surface area contributed by atoms with Gasteiger partial charge in [-0.05, 0) is 31.9 Å². The van der Waals surface area contributed by atoms with E-state index >= 15 is 0 Å². The van der Waals surface area contributed by atoms with Crippen LogP contribution in [-0.2, 0) is 4.74 Å². The second-order valence-corrected chi connectivity index (χ2v) is 7.41. The van der Waals surface area contributed by atoms with Crippen molar-refractivity contribution in [1.82, 2.24) is 5.32 Å². The molecule has 0 amide bonds. The van der Waals surface area contributed by atoms with Gasteiger partial charge in [0.25, 0.3) is 0 Å². The topological polar surface area (TPSA) is 41.5 Å². The Morgan fingerprint density at radius 3 is 2.67 bits per heavy atom. The highest BCUT2D eigenvalue weighted by Gasteiger charge is 2.23. The average molecular weight is 318 g/mol. The molecule has 1 fully saturated rings. The molecular weight excluding hydrogens is 282 g/mol. The van der Waals surface area contributed by atoms with E-state index in [0.717, 1.165) is 18.3 Å². The number of aliphatic hydroxyl groups is 1. The minimum atomic E-state index is -0.363.